The summed E-state index contributed by atoms with van der Waals surface area (Å²) in [4.78, 5) is 2.29. The molecule has 1 spiro atoms. The normalized spacial score (nSPS) is 31.5. The number of hydrogen-bond donors (Lipinski definition) is 1. The van der Waals surface area contributed by atoms with Crippen LogP contribution in [0, 0.1) is 0 Å². The van der Waals surface area contributed by atoms with Crippen molar-refractivity contribution in [3.8, 4) is 0 Å². The quantitative estimate of drug-likeness (QED) is 0.871. The average Bonchev–Trinajstić information content (AvgIpc) is 2.86. The Morgan fingerprint density at radius 1 is 1.00 bits per heavy atom. The van der Waals surface area contributed by atoms with Crippen LogP contribution in [0.15, 0.2) is 48.5 Å². The van der Waals surface area contributed by atoms with Gasteiger partial charge in [0.1, 0.15) is 0 Å². The van der Waals surface area contributed by atoms with Gasteiger partial charge in [-0.15, -0.1) is 0 Å². The fourth-order valence-corrected chi connectivity index (χ4v) is 4.54. The van der Waals surface area contributed by atoms with Gasteiger partial charge in [0.25, 0.3) is 0 Å². The van der Waals surface area contributed by atoms with E-state index in [2.05, 4.69) is 25.1 Å². The van der Waals surface area contributed by atoms with Crippen molar-refractivity contribution < 1.29 is 9.84 Å². The van der Waals surface area contributed by atoms with Gasteiger partial charge in [0.05, 0.1) is 5.60 Å². The molecule has 0 saturated heterocycles. The van der Waals surface area contributed by atoms with Crippen molar-refractivity contribution >= 4 is 11.6 Å². The monoisotopic (exact) mass is 357 g/mol. The van der Waals surface area contributed by atoms with Crippen molar-refractivity contribution in [1.82, 2.24) is 4.90 Å². The first-order valence-electron chi connectivity index (χ1n) is 8.90. The minimum atomic E-state index is -1.41. The van der Waals surface area contributed by atoms with Crippen LogP contribution in [0.1, 0.15) is 42.4 Å². The zero-order valence-electron chi connectivity index (χ0n) is 14.7. The maximum Gasteiger partial charge on any atom is 0.221 e. The van der Waals surface area contributed by atoms with E-state index in [1.54, 1.807) is 12.1 Å². The summed E-state index contributed by atoms with van der Waals surface area (Å²) in [6.07, 6.45) is 3.97. The molecule has 1 aliphatic heterocycles. The van der Waals surface area contributed by atoms with Crippen LogP contribution in [0.5, 0.6) is 0 Å². The number of rotatable bonds is 2. The molecule has 2 aromatic rings. The molecule has 2 aromatic carbocycles. The highest BCUT2D eigenvalue weighted by Gasteiger charge is 2.54. The predicted molar refractivity (Wildman–Crippen MR) is 99.6 cm³/mol. The van der Waals surface area contributed by atoms with Gasteiger partial charge in [0.2, 0.25) is 5.79 Å². The molecule has 1 fully saturated rings. The molecule has 0 bridgehead atoms. The maximum atomic E-state index is 11.5. The van der Waals surface area contributed by atoms with Crippen LogP contribution in [-0.4, -0.2) is 30.1 Å². The van der Waals surface area contributed by atoms with E-state index in [0.29, 0.717) is 11.1 Å². The van der Waals surface area contributed by atoms with Crippen molar-refractivity contribution in [3.63, 3.8) is 0 Å². The zero-order chi connectivity index (χ0) is 17.7. The summed E-state index contributed by atoms with van der Waals surface area (Å²) in [5.74, 6) is -1.41. The first kappa shape index (κ1) is 17.0. The molecule has 1 atom stereocenters. The van der Waals surface area contributed by atoms with E-state index in [1.165, 1.54) is 0 Å². The minimum absolute atomic E-state index is 0.405. The number of benzene rings is 2. The number of fused-ring (bicyclic) bond motifs is 2. The molecule has 4 heteroatoms. The van der Waals surface area contributed by atoms with Crippen molar-refractivity contribution in [2.45, 2.75) is 43.1 Å². The van der Waals surface area contributed by atoms with E-state index in [9.17, 15) is 5.11 Å². The summed E-state index contributed by atoms with van der Waals surface area (Å²) < 4.78 is 6.50. The largest absolute Gasteiger partial charge is 0.358 e. The zero-order valence-corrected chi connectivity index (χ0v) is 15.5. The number of halogens is 1. The molecule has 1 N–H and O–H groups in total. The Morgan fingerprint density at radius 2 is 1.60 bits per heavy atom. The molecule has 1 saturated carbocycles. The van der Waals surface area contributed by atoms with Crippen LogP contribution < -0.4 is 0 Å². The summed E-state index contributed by atoms with van der Waals surface area (Å²) in [5.41, 5.74) is 2.32. The standard InChI is InChI=1S/C21H24ClNO2/c1-23(2)17-11-13-20(14-12-17)18-5-3-4-6-19(18)21(24,25-20)15-7-9-16(22)10-8-15/h3-10,17,24H,11-14H2,1-2H3/t17?,20?,21-/m0/s1. The second-order valence-corrected chi connectivity index (χ2v) is 7.92. The predicted octanol–water partition coefficient (Wildman–Crippen LogP) is 4.26. The molecule has 0 amide bonds. The highest BCUT2D eigenvalue weighted by Crippen LogP contribution is 2.55. The molecule has 2 aliphatic rings. The van der Waals surface area contributed by atoms with Gasteiger partial charge in [-0.25, -0.2) is 0 Å². The van der Waals surface area contributed by atoms with Gasteiger partial charge in [0, 0.05) is 22.2 Å². The second kappa shape index (κ2) is 6.10. The summed E-state index contributed by atoms with van der Waals surface area (Å²) >= 11 is 6.02. The minimum Gasteiger partial charge on any atom is -0.358 e. The molecule has 1 heterocycles. The molecule has 132 valence electrons. The molecule has 1 aliphatic carbocycles. The Hall–Kier alpha value is -1.39. The Morgan fingerprint density at radius 3 is 2.20 bits per heavy atom. The van der Waals surface area contributed by atoms with E-state index in [4.69, 9.17) is 16.3 Å². The lowest BCUT2D eigenvalue weighted by Crippen LogP contribution is -2.41. The van der Waals surface area contributed by atoms with E-state index in [1.807, 2.05) is 30.3 Å². The highest BCUT2D eigenvalue weighted by atomic mass is 35.5. The fraction of sp³-hybridized carbons (Fsp3) is 0.429. The lowest BCUT2D eigenvalue weighted by atomic mass is 9.77. The fourth-order valence-electron chi connectivity index (χ4n) is 4.42. The van der Waals surface area contributed by atoms with Crippen molar-refractivity contribution in [1.29, 1.82) is 0 Å². The van der Waals surface area contributed by atoms with Gasteiger partial charge < -0.3 is 14.7 Å². The van der Waals surface area contributed by atoms with Gasteiger partial charge >= 0.3 is 0 Å². The molecule has 0 unspecified atom stereocenters. The summed E-state index contributed by atoms with van der Waals surface area (Å²) in [6.45, 7) is 0. The van der Waals surface area contributed by atoms with E-state index in [-0.39, 0.29) is 0 Å². The van der Waals surface area contributed by atoms with Crippen LogP contribution in [0.3, 0.4) is 0 Å². The summed E-state index contributed by atoms with van der Waals surface area (Å²) in [5, 5.41) is 12.2. The lowest BCUT2D eigenvalue weighted by molar-refractivity contribution is -0.243. The van der Waals surface area contributed by atoms with Crippen molar-refractivity contribution in [3.05, 3.63) is 70.2 Å². The number of ether oxygens (including phenoxy) is 1. The Kier molecular flexibility index (Phi) is 4.16. The Balaban J connectivity index is 1.75. The highest BCUT2D eigenvalue weighted by molar-refractivity contribution is 6.30. The van der Waals surface area contributed by atoms with E-state index < -0.39 is 11.4 Å². The summed E-state index contributed by atoms with van der Waals surface area (Å²) in [7, 11) is 4.27. The first-order valence-corrected chi connectivity index (χ1v) is 9.27. The molecular weight excluding hydrogens is 334 g/mol. The molecule has 3 nitrogen and oxygen atoms in total. The van der Waals surface area contributed by atoms with Crippen molar-refractivity contribution in [2.24, 2.45) is 0 Å². The lowest BCUT2D eigenvalue weighted by Gasteiger charge is -2.40. The second-order valence-electron chi connectivity index (χ2n) is 7.49. The Bertz CT molecular complexity index is 766. The first-order chi connectivity index (χ1) is 11.9. The van der Waals surface area contributed by atoms with Crippen LogP contribution in [0.25, 0.3) is 0 Å². The number of nitrogens with zero attached hydrogens (tertiary/aromatic N) is 1. The average molecular weight is 358 g/mol. The van der Waals surface area contributed by atoms with E-state index >= 15 is 0 Å². The molecule has 4 rings (SSSR count). The van der Waals surface area contributed by atoms with Gasteiger partial charge in [0.15, 0.2) is 0 Å². The SMILES string of the molecule is CN(C)C1CCC2(CC1)O[C@@](O)(c1ccc(Cl)cc1)c1ccccc12. The molecule has 25 heavy (non-hydrogen) atoms. The van der Waals surface area contributed by atoms with Crippen molar-refractivity contribution in [2.75, 3.05) is 14.1 Å². The van der Waals surface area contributed by atoms with Crippen LogP contribution in [-0.2, 0) is 16.1 Å². The Labute approximate surface area is 154 Å². The topological polar surface area (TPSA) is 32.7 Å². The third kappa shape index (κ3) is 2.70. The number of aliphatic hydroxyl groups is 1. The third-order valence-corrected chi connectivity index (χ3v) is 6.11. The molecular formula is C21H24ClNO2. The maximum absolute atomic E-state index is 11.5. The molecule has 0 aromatic heterocycles. The van der Waals surface area contributed by atoms with E-state index in [0.717, 1.165) is 42.4 Å². The van der Waals surface area contributed by atoms with Gasteiger partial charge in [-0.2, -0.15) is 0 Å². The van der Waals surface area contributed by atoms with Gasteiger partial charge in [-0.05, 0) is 57.5 Å². The van der Waals surface area contributed by atoms with Crippen LogP contribution in [0.2, 0.25) is 5.02 Å². The van der Waals surface area contributed by atoms with Crippen LogP contribution in [0.4, 0.5) is 0 Å². The smallest absolute Gasteiger partial charge is 0.221 e. The summed E-state index contributed by atoms with van der Waals surface area (Å²) in [6, 6.07) is 16.0. The van der Waals surface area contributed by atoms with Gasteiger partial charge in [-0.1, -0.05) is 48.0 Å². The number of hydrogen-bond acceptors (Lipinski definition) is 3. The van der Waals surface area contributed by atoms with Crippen LogP contribution >= 0.6 is 11.6 Å². The molecule has 0 radical (unpaired) electrons. The van der Waals surface area contributed by atoms with Gasteiger partial charge in [-0.3, -0.25) is 0 Å². The third-order valence-electron chi connectivity index (χ3n) is 5.85.